The van der Waals surface area contributed by atoms with E-state index in [-0.39, 0.29) is 0 Å². The topological polar surface area (TPSA) is 4.93 Å². The van der Waals surface area contributed by atoms with Gasteiger partial charge in [0.2, 0.25) is 0 Å². The molecule has 0 N–H and O–H groups in total. The Bertz CT molecular complexity index is 1990. The molecule has 1 aliphatic carbocycles. The minimum absolute atomic E-state index is 0.415. The first-order valence-electron chi connectivity index (χ1n) is 13.3. The zero-order chi connectivity index (χ0) is 26.0. The minimum atomic E-state index is -0.415. The summed E-state index contributed by atoms with van der Waals surface area (Å²) in [5.74, 6) is 0. The van der Waals surface area contributed by atoms with Gasteiger partial charge in [-0.25, -0.2) is 0 Å². The summed E-state index contributed by atoms with van der Waals surface area (Å²) in [6.45, 7) is 0. The Balaban J connectivity index is 1.53. The molecule has 184 valence electrons. The van der Waals surface area contributed by atoms with Crippen LogP contribution in [0.3, 0.4) is 0 Å². The van der Waals surface area contributed by atoms with Gasteiger partial charge in [0.25, 0.3) is 0 Å². The maximum Gasteiger partial charge on any atom is 0.0714 e. The van der Waals surface area contributed by atoms with Crippen molar-refractivity contribution in [3.05, 3.63) is 172 Å². The molecule has 6 aromatic carbocycles. The van der Waals surface area contributed by atoms with Gasteiger partial charge in [-0.2, -0.15) is 0 Å². The largest absolute Gasteiger partial charge is 0.309 e. The summed E-state index contributed by atoms with van der Waals surface area (Å²) >= 11 is 3.71. The van der Waals surface area contributed by atoms with Crippen LogP contribution < -0.4 is 0 Å². The molecule has 0 saturated heterocycles. The van der Waals surface area contributed by atoms with Crippen molar-refractivity contribution in [1.29, 1.82) is 0 Å². The third kappa shape index (κ3) is 3.13. The first kappa shape index (κ1) is 22.6. The molecule has 0 unspecified atom stereocenters. The van der Waals surface area contributed by atoms with Crippen molar-refractivity contribution in [3.8, 4) is 16.8 Å². The number of fused-ring (bicyclic) bond motifs is 6. The number of para-hydroxylation sites is 1. The zero-order valence-corrected chi connectivity index (χ0v) is 22.8. The van der Waals surface area contributed by atoms with Crippen molar-refractivity contribution in [3.63, 3.8) is 0 Å². The Morgan fingerprint density at radius 1 is 0.462 bits per heavy atom. The van der Waals surface area contributed by atoms with Gasteiger partial charge in [0.15, 0.2) is 0 Å². The van der Waals surface area contributed by atoms with Gasteiger partial charge in [-0.3, -0.25) is 0 Å². The second-order valence-corrected chi connectivity index (χ2v) is 11.2. The van der Waals surface area contributed by atoms with E-state index in [1.807, 2.05) is 0 Å². The molecule has 8 rings (SSSR count). The number of halogens is 1. The molecular weight excluding hydrogens is 538 g/mol. The Morgan fingerprint density at radius 2 is 1.10 bits per heavy atom. The second kappa shape index (κ2) is 8.56. The minimum Gasteiger partial charge on any atom is -0.309 e. The van der Waals surface area contributed by atoms with Gasteiger partial charge in [-0.05, 0) is 63.7 Å². The van der Waals surface area contributed by atoms with Crippen LogP contribution >= 0.6 is 15.9 Å². The lowest BCUT2D eigenvalue weighted by atomic mass is 9.67. The van der Waals surface area contributed by atoms with Gasteiger partial charge in [0, 0.05) is 20.9 Å². The van der Waals surface area contributed by atoms with Crippen molar-refractivity contribution in [2.24, 2.45) is 0 Å². The van der Waals surface area contributed by atoms with Crippen molar-refractivity contribution in [2.45, 2.75) is 5.41 Å². The number of hydrogen-bond acceptors (Lipinski definition) is 0. The molecule has 1 aromatic heterocycles. The van der Waals surface area contributed by atoms with Gasteiger partial charge in [0.1, 0.15) is 0 Å². The van der Waals surface area contributed by atoms with Crippen LogP contribution in [0, 0.1) is 0 Å². The molecule has 7 aromatic rings. The summed E-state index contributed by atoms with van der Waals surface area (Å²) in [7, 11) is 0. The molecule has 1 heterocycles. The van der Waals surface area contributed by atoms with Crippen molar-refractivity contribution in [1.82, 2.24) is 4.57 Å². The van der Waals surface area contributed by atoms with Gasteiger partial charge in [-0.15, -0.1) is 0 Å². The van der Waals surface area contributed by atoms with Crippen LogP contribution in [0.5, 0.6) is 0 Å². The summed E-state index contributed by atoms with van der Waals surface area (Å²) in [6.07, 6.45) is 0. The summed E-state index contributed by atoms with van der Waals surface area (Å²) < 4.78 is 3.48. The van der Waals surface area contributed by atoms with Crippen molar-refractivity contribution < 1.29 is 0 Å². The predicted molar refractivity (Wildman–Crippen MR) is 166 cm³/mol. The number of hydrogen-bond donors (Lipinski definition) is 0. The lowest BCUT2D eigenvalue weighted by molar-refractivity contribution is 0.769. The van der Waals surface area contributed by atoms with Gasteiger partial charge in [-0.1, -0.05) is 131 Å². The van der Waals surface area contributed by atoms with E-state index in [0.717, 1.165) is 10.2 Å². The first-order chi connectivity index (χ1) is 19.3. The smallest absolute Gasteiger partial charge is 0.0714 e. The first-order valence-corrected chi connectivity index (χ1v) is 14.1. The molecule has 0 aliphatic heterocycles. The molecule has 0 fully saturated rings. The van der Waals surface area contributed by atoms with Gasteiger partial charge < -0.3 is 4.57 Å². The average molecular weight is 563 g/mol. The van der Waals surface area contributed by atoms with Gasteiger partial charge >= 0.3 is 0 Å². The van der Waals surface area contributed by atoms with Crippen LogP contribution in [0.15, 0.2) is 150 Å². The maximum absolute atomic E-state index is 3.71. The van der Waals surface area contributed by atoms with E-state index in [9.17, 15) is 0 Å². The number of rotatable bonds is 3. The fourth-order valence-corrected chi connectivity index (χ4v) is 7.20. The number of benzene rings is 6. The van der Waals surface area contributed by atoms with E-state index < -0.39 is 5.41 Å². The lowest BCUT2D eigenvalue weighted by Gasteiger charge is -2.34. The highest BCUT2D eigenvalue weighted by molar-refractivity contribution is 9.10. The van der Waals surface area contributed by atoms with Crippen molar-refractivity contribution >= 4 is 37.7 Å². The quantitative estimate of drug-likeness (QED) is 0.202. The Labute approximate surface area is 236 Å². The van der Waals surface area contributed by atoms with E-state index in [2.05, 4.69) is 166 Å². The van der Waals surface area contributed by atoms with Crippen LogP contribution in [-0.4, -0.2) is 4.57 Å². The molecule has 0 saturated carbocycles. The second-order valence-electron chi connectivity index (χ2n) is 10.3. The summed E-state index contributed by atoms with van der Waals surface area (Å²) in [5.41, 5.74) is 11.0. The Kier molecular flexibility index (Phi) is 4.95. The maximum atomic E-state index is 3.71. The monoisotopic (exact) mass is 561 g/mol. The van der Waals surface area contributed by atoms with Crippen LogP contribution in [0.2, 0.25) is 0 Å². The highest BCUT2D eigenvalue weighted by Crippen LogP contribution is 2.56. The molecular formula is C37H24BrN. The van der Waals surface area contributed by atoms with Crippen LogP contribution in [0.1, 0.15) is 22.3 Å². The molecule has 39 heavy (non-hydrogen) atoms. The van der Waals surface area contributed by atoms with E-state index in [1.54, 1.807) is 0 Å². The molecule has 1 aliphatic rings. The third-order valence-corrected chi connectivity index (χ3v) is 8.83. The van der Waals surface area contributed by atoms with E-state index in [0.29, 0.717) is 0 Å². The summed E-state index contributed by atoms with van der Waals surface area (Å²) in [5, 5.41) is 2.53. The standard InChI is InChI=1S/C37H24BrN/c38-27-13-10-14-28(24-27)39-35-20-9-6-17-31(35)32-22-21-26(23-36(32)39)37(25-11-2-1-3-12-25)33-18-7-4-15-29(33)30-16-5-8-19-34(30)37/h1-24H. The molecule has 0 spiro atoms. The highest BCUT2D eigenvalue weighted by Gasteiger charge is 2.46. The number of nitrogens with zero attached hydrogens (tertiary/aromatic N) is 1. The third-order valence-electron chi connectivity index (χ3n) is 8.33. The SMILES string of the molecule is Brc1cccc(-n2c3ccccc3c3ccc(C4(c5ccccc5)c5ccccc5-c5ccccc54)cc32)c1. The van der Waals surface area contributed by atoms with E-state index in [4.69, 9.17) is 0 Å². The van der Waals surface area contributed by atoms with Crippen LogP contribution in [0.4, 0.5) is 0 Å². The normalized spacial score (nSPS) is 13.5. The zero-order valence-electron chi connectivity index (χ0n) is 21.2. The highest BCUT2D eigenvalue weighted by atomic mass is 79.9. The Morgan fingerprint density at radius 3 is 1.85 bits per heavy atom. The summed E-state index contributed by atoms with van der Waals surface area (Å²) in [6, 6.07) is 53.3. The van der Waals surface area contributed by atoms with E-state index in [1.165, 1.54) is 55.2 Å². The fraction of sp³-hybridized carbons (Fsp3) is 0.0270. The van der Waals surface area contributed by atoms with E-state index >= 15 is 0 Å². The predicted octanol–water partition coefficient (Wildman–Crippen LogP) is 9.91. The molecule has 0 atom stereocenters. The Hall–Kier alpha value is -4.40. The van der Waals surface area contributed by atoms with Crippen molar-refractivity contribution in [2.75, 3.05) is 0 Å². The summed E-state index contributed by atoms with van der Waals surface area (Å²) in [4.78, 5) is 0. The molecule has 0 amide bonds. The number of aromatic nitrogens is 1. The van der Waals surface area contributed by atoms with Crippen LogP contribution in [-0.2, 0) is 5.41 Å². The average Bonchev–Trinajstić information content (AvgIpc) is 3.48. The lowest BCUT2D eigenvalue weighted by Crippen LogP contribution is -2.28. The molecule has 2 heteroatoms. The molecule has 0 bridgehead atoms. The van der Waals surface area contributed by atoms with Gasteiger partial charge in [0.05, 0.1) is 16.4 Å². The molecule has 1 nitrogen and oxygen atoms in total. The fourth-order valence-electron chi connectivity index (χ4n) is 6.81. The van der Waals surface area contributed by atoms with Crippen LogP contribution in [0.25, 0.3) is 38.6 Å². The molecule has 0 radical (unpaired) electrons.